The molecular formula is C24H31N3O6. The summed E-state index contributed by atoms with van der Waals surface area (Å²) in [6.45, 7) is 1.83. The lowest BCUT2D eigenvalue weighted by atomic mass is 9.48. The van der Waals surface area contributed by atoms with Crippen LogP contribution in [0.15, 0.2) is 12.1 Å². The normalized spacial score (nSPS) is 37.1. The van der Waals surface area contributed by atoms with Gasteiger partial charge in [-0.25, -0.2) is 0 Å². The van der Waals surface area contributed by atoms with Gasteiger partial charge in [-0.05, 0) is 62.6 Å². The van der Waals surface area contributed by atoms with Crippen LogP contribution in [-0.4, -0.2) is 75.0 Å². The van der Waals surface area contributed by atoms with E-state index in [9.17, 15) is 19.8 Å². The van der Waals surface area contributed by atoms with Crippen LogP contribution in [0.4, 0.5) is 0 Å². The molecule has 3 aliphatic carbocycles. The second kappa shape index (κ2) is 7.07. The summed E-state index contributed by atoms with van der Waals surface area (Å²) in [6, 6.07) is 1.97. The quantitative estimate of drug-likeness (QED) is 0.409. The topological polar surface area (TPSA) is 145 Å². The number of phenolic OH excluding ortho intramolecular Hbond substituents is 1. The van der Waals surface area contributed by atoms with Crippen LogP contribution in [0.2, 0.25) is 0 Å². The van der Waals surface area contributed by atoms with Crippen molar-refractivity contribution in [2.24, 2.45) is 11.7 Å². The molecule has 2 aliphatic heterocycles. The Kier molecular flexibility index (Phi) is 4.54. The maximum atomic E-state index is 12.7. The second-order valence-electron chi connectivity index (χ2n) is 10.6. The number of amides is 1. The van der Waals surface area contributed by atoms with Crippen molar-refractivity contribution in [3.63, 3.8) is 0 Å². The SMILES string of the molecule is NC(CC(=O)O)C(=O)NC1CC[C@@]2(O)[C@H]3Cc4ccc(O)c5c4[C@@]2(CCN3CC2CC2)[C@H]1O5. The number of carbonyl (C=O) groups is 2. The Balaban J connectivity index is 1.39. The third-order valence-corrected chi connectivity index (χ3v) is 8.82. The molecule has 6 atom stereocenters. The summed E-state index contributed by atoms with van der Waals surface area (Å²) >= 11 is 0. The van der Waals surface area contributed by atoms with Gasteiger partial charge in [0.2, 0.25) is 5.91 Å². The highest BCUT2D eigenvalue weighted by Gasteiger charge is 2.73. The first kappa shape index (κ1) is 21.2. The van der Waals surface area contributed by atoms with E-state index in [1.165, 1.54) is 12.8 Å². The number of carboxylic acids is 1. The number of aliphatic hydroxyl groups is 1. The lowest BCUT2D eigenvalue weighted by Gasteiger charge is -2.64. The smallest absolute Gasteiger partial charge is 0.305 e. The molecule has 1 aromatic carbocycles. The minimum atomic E-state index is -1.16. The summed E-state index contributed by atoms with van der Waals surface area (Å²) in [5.41, 5.74) is 6.04. The lowest BCUT2D eigenvalue weighted by Crippen LogP contribution is -2.78. The molecule has 1 aromatic rings. The van der Waals surface area contributed by atoms with Crippen LogP contribution < -0.4 is 15.8 Å². The van der Waals surface area contributed by atoms with Crippen molar-refractivity contribution in [3.05, 3.63) is 23.3 Å². The largest absolute Gasteiger partial charge is 0.504 e. The molecule has 2 saturated carbocycles. The summed E-state index contributed by atoms with van der Waals surface area (Å²) in [5, 5.41) is 34.9. The standard InChI is InChI=1S/C24H31N3O6/c25-14(10-18(29)30)22(31)26-15-5-6-24(32)17-9-13-3-4-16(28)20-19(13)23(24,21(15)33-20)7-8-27(17)11-12-1-2-12/h3-4,12,14-15,17,21,28,32H,1-2,5-11,25H2,(H,26,31)(H,29,30)/t14?,15?,17-,21+,23+,24-/m1/s1. The minimum Gasteiger partial charge on any atom is -0.504 e. The summed E-state index contributed by atoms with van der Waals surface area (Å²) in [6.07, 6.45) is 3.86. The fourth-order valence-electron chi connectivity index (χ4n) is 7.20. The highest BCUT2D eigenvalue weighted by Crippen LogP contribution is 2.65. The maximum absolute atomic E-state index is 12.7. The average molecular weight is 458 g/mol. The molecule has 2 heterocycles. The van der Waals surface area contributed by atoms with Crippen molar-refractivity contribution in [2.75, 3.05) is 13.1 Å². The molecule has 6 rings (SSSR count). The number of ether oxygens (including phenoxy) is 1. The minimum absolute atomic E-state index is 0.0353. The first-order chi connectivity index (χ1) is 15.7. The van der Waals surface area contributed by atoms with Crippen LogP contribution in [0.5, 0.6) is 11.5 Å². The van der Waals surface area contributed by atoms with Gasteiger partial charge in [0.15, 0.2) is 11.5 Å². The number of carboxylic acid groups (broad SMARTS) is 1. The van der Waals surface area contributed by atoms with E-state index >= 15 is 0 Å². The van der Waals surface area contributed by atoms with Gasteiger partial charge in [0.05, 0.1) is 29.5 Å². The first-order valence-electron chi connectivity index (χ1n) is 12.0. The first-order valence-corrected chi connectivity index (χ1v) is 12.0. The monoisotopic (exact) mass is 457 g/mol. The molecule has 178 valence electrons. The molecule has 1 spiro atoms. The van der Waals surface area contributed by atoms with Crippen molar-refractivity contribution >= 4 is 11.9 Å². The van der Waals surface area contributed by atoms with E-state index in [1.54, 1.807) is 6.07 Å². The number of hydrogen-bond donors (Lipinski definition) is 5. The van der Waals surface area contributed by atoms with E-state index in [-0.39, 0.29) is 11.8 Å². The number of carbonyl (C=O) groups excluding carboxylic acids is 1. The van der Waals surface area contributed by atoms with Crippen molar-refractivity contribution in [2.45, 2.75) is 80.2 Å². The van der Waals surface area contributed by atoms with Crippen molar-refractivity contribution < 1.29 is 29.6 Å². The predicted molar refractivity (Wildman–Crippen MR) is 117 cm³/mol. The zero-order chi connectivity index (χ0) is 23.1. The van der Waals surface area contributed by atoms with Crippen LogP contribution in [0.25, 0.3) is 0 Å². The van der Waals surface area contributed by atoms with Crippen LogP contribution >= 0.6 is 0 Å². The number of hydrogen-bond acceptors (Lipinski definition) is 7. The number of aromatic hydroxyl groups is 1. The molecule has 2 unspecified atom stereocenters. The summed E-state index contributed by atoms with van der Waals surface area (Å²) in [7, 11) is 0. The molecule has 0 radical (unpaired) electrons. The number of piperidine rings is 1. The van der Waals surface area contributed by atoms with Gasteiger partial charge in [-0.3, -0.25) is 14.5 Å². The van der Waals surface area contributed by atoms with E-state index in [4.69, 9.17) is 15.6 Å². The summed E-state index contributed by atoms with van der Waals surface area (Å²) in [5.74, 6) is -0.493. The number of nitrogens with two attached hydrogens (primary N) is 1. The van der Waals surface area contributed by atoms with E-state index in [0.717, 1.165) is 24.2 Å². The van der Waals surface area contributed by atoms with Crippen LogP contribution in [0, 0.1) is 5.92 Å². The molecule has 1 amide bonds. The molecule has 3 fully saturated rings. The third kappa shape index (κ3) is 2.88. The fraction of sp³-hybridized carbons (Fsp3) is 0.667. The van der Waals surface area contributed by atoms with Crippen LogP contribution in [0.3, 0.4) is 0 Å². The average Bonchev–Trinajstić information content (AvgIpc) is 3.50. The van der Waals surface area contributed by atoms with Crippen molar-refractivity contribution in [1.82, 2.24) is 10.2 Å². The number of nitrogens with zero attached hydrogens (tertiary/aromatic N) is 1. The van der Waals surface area contributed by atoms with Crippen LogP contribution in [-0.2, 0) is 21.4 Å². The molecule has 2 bridgehead atoms. The number of aliphatic carboxylic acids is 1. The molecule has 5 aliphatic rings. The van der Waals surface area contributed by atoms with Gasteiger partial charge in [0, 0.05) is 18.2 Å². The Morgan fingerprint density at radius 1 is 1.27 bits per heavy atom. The molecule has 6 N–H and O–H groups in total. The summed E-state index contributed by atoms with van der Waals surface area (Å²) < 4.78 is 6.38. The molecule has 9 heteroatoms. The van der Waals surface area contributed by atoms with E-state index in [0.29, 0.717) is 37.4 Å². The Labute approximate surface area is 191 Å². The molecule has 33 heavy (non-hydrogen) atoms. The van der Waals surface area contributed by atoms with E-state index in [1.807, 2.05) is 6.07 Å². The van der Waals surface area contributed by atoms with Crippen molar-refractivity contribution in [3.8, 4) is 11.5 Å². The molecule has 1 saturated heterocycles. The number of benzene rings is 1. The van der Waals surface area contributed by atoms with Gasteiger partial charge in [0.1, 0.15) is 6.10 Å². The van der Waals surface area contributed by atoms with Crippen molar-refractivity contribution in [1.29, 1.82) is 0 Å². The highest BCUT2D eigenvalue weighted by atomic mass is 16.5. The van der Waals surface area contributed by atoms with Gasteiger partial charge in [-0.1, -0.05) is 6.07 Å². The second-order valence-corrected chi connectivity index (χ2v) is 10.6. The maximum Gasteiger partial charge on any atom is 0.305 e. The number of nitrogens with one attached hydrogen (secondary N) is 1. The predicted octanol–water partition coefficient (Wildman–Crippen LogP) is 0.243. The number of likely N-dealkylation sites (tertiary alicyclic amines) is 1. The van der Waals surface area contributed by atoms with E-state index < -0.39 is 47.5 Å². The molecular weight excluding hydrogens is 426 g/mol. The molecule has 9 nitrogen and oxygen atoms in total. The Morgan fingerprint density at radius 3 is 2.79 bits per heavy atom. The zero-order valence-electron chi connectivity index (χ0n) is 18.5. The summed E-state index contributed by atoms with van der Waals surface area (Å²) in [4.78, 5) is 26.2. The fourth-order valence-corrected chi connectivity index (χ4v) is 7.20. The number of rotatable bonds is 6. The Hall–Kier alpha value is -2.36. The lowest BCUT2D eigenvalue weighted by molar-refractivity contribution is -0.192. The zero-order valence-corrected chi connectivity index (χ0v) is 18.5. The van der Waals surface area contributed by atoms with Gasteiger partial charge < -0.3 is 31.1 Å². The van der Waals surface area contributed by atoms with Gasteiger partial charge in [0.25, 0.3) is 0 Å². The van der Waals surface area contributed by atoms with Gasteiger partial charge >= 0.3 is 5.97 Å². The van der Waals surface area contributed by atoms with E-state index in [2.05, 4.69) is 10.2 Å². The highest BCUT2D eigenvalue weighted by molar-refractivity contribution is 5.86. The number of phenols is 1. The Morgan fingerprint density at radius 2 is 2.06 bits per heavy atom. The molecule has 0 aromatic heterocycles. The van der Waals surface area contributed by atoms with Crippen LogP contribution in [0.1, 0.15) is 49.7 Å². The van der Waals surface area contributed by atoms with Gasteiger partial charge in [-0.15, -0.1) is 0 Å². The van der Waals surface area contributed by atoms with Gasteiger partial charge in [-0.2, -0.15) is 0 Å². The third-order valence-electron chi connectivity index (χ3n) is 8.82. The Bertz CT molecular complexity index is 1030.